The van der Waals surface area contributed by atoms with E-state index in [1.165, 1.54) is 5.01 Å². The lowest BCUT2D eigenvalue weighted by atomic mass is 9.82. The predicted octanol–water partition coefficient (Wildman–Crippen LogP) is 4.42. The number of carbonyl (C=O) groups is 1. The minimum absolute atomic E-state index is 0.237. The summed E-state index contributed by atoms with van der Waals surface area (Å²) in [5.41, 5.74) is 2.55. The molecule has 1 saturated heterocycles. The van der Waals surface area contributed by atoms with Crippen LogP contribution < -0.4 is 15.3 Å². The highest BCUT2D eigenvalue weighted by Crippen LogP contribution is 2.47. The van der Waals surface area contributed by atoms with E-state index in [1.54, 1.807) is 19.1 Å². The molecule has 0 atom stereocenters. The molecule has 3 N–H and O–H groups in total. The second-order valence-corrected chi connectivity index (χ2v) is 10.1. The SMILES string of the molecule is COc1cccc2c1C(c1ccc(C(=N)N(C)N)cc1)=CC1(CCN(C(=O)OC(C)(C)C)CC1)O2. The molecule has 2 aromatic carbocycles. The number of hydrazine groups is 1. The molecule has 2 heterocycles. The van der Waals surface area contributed by atoms with Gasteiger partial charge in [0, 0.05) is 38.5 Å². The fourth-order valence-corrected chi connectivity index (χ4v) is 4.49. The van der Waals surface area contributed by atoms with E-state index in [4.69, 9.17) is 25.5 Å². The van der Waals surface area contributed by atoms with Gasteiger partial charge in [0.2, 0.25) is 0 Å². The molecule has 186 valence electrons. The van der Waals surface area contributed by atoms with Gasteiger partial charge in [-0.15, -0.1) is 0 Å². The lowest BCUT2D eigenvalue weighted by Crippen LogP contribution is -2.50. The summed E-state index contributed by atoms with van der Waals surface area (Å²) < 4.78 is 17.8. The Morgan fingerprint density at radius 3 is 2.37 bits per heavy atom. The summed E-state index contributed by atoms with van der Waals surface area (Å²) in [7, 11) is 3.30. The summed E-state index contributed by atoms with van der Waals surface area (Å²) in [6.07, 6.45) is 3.16. The molecular weight excluding hydrogens is 444 g/mol. The van der Waals surface area contributed by atoms with E-state index in [0.29, 0.717) is 25.9 Å². The number of amidine groups is 1. The monoisotopic (exact) mass is 478 g/mol. The van der Waals surface area contributed by atoms with E-state index in [1.807, 2.05) is 63.2 Å². The normalized spacial score (nSPS) is 16.6. The van der Waals surface area contributed by atoms with Crippen molar-refractivity contribution in [2.75, 3.05) is 27.2 Å². The van der Waals surface area contributed by atoms with Gasteiger partial charge in [0.1, 0.15) is 28.5 Å². The van der Waals surface area contributed by atoms with E-state index < -0.39 is 11.2 Å². The zero-order valence-electron chi connectivity index (χ0n) is 21.1. The Morgan fingerprint density at radius 1 is 1.14 bits per heavy atom. The van der Waals surface area contributed by atoms with Gasteiger partial charge in [0.25, 0.3) is 0 Å². The summed E-state index contributed by atoms with van der Waals surface area (Å²) in [6, 6.07) is 13.6. The molecule has 1 spiro atoms. The molecule has 2 aromatic rings. The number of likely N-dealkylation sites (tertiary alicyclic amines) is 1. The Kier molecular flexibility index (Phi) is 6.51. The second kappa shape index (κ2) is 9.26. The fourth-order valence-electron chi connectivity index (χ4n) is 4.49. The molecule has 0 radical (unpaired) electrons. The van der Waals surface area contributed by atoms with Crippen molar-refractivity contribution in [1.82, 2.24) is 9.91 Å². The van der Waals surface area contributed by atoms with Crippen LogP contribution in [-0.2, 0) is 4.74 Å². The third-order valence-electron chi connectivity index (χ3n) is 6.28. The molecule has 0 aromatic heterocycles. The summed E-state index contributed by atoms with van der Waals surface area (Å²) >= 11 is 0. The Bertz CT molecular complexity index is 1140. The lowest BCUT2D eigenvalue weighted by molar-refractivity contribution is -0.00120. The number of amides is 1. The molecule has 35 heavy (non-hydrogen) atoms. The van der Waals surface area contributed by atoms with Gasteiger partial charge in [-0.3, -0.25) is 10.4 Å². The van der Waals surface area contributed by atoms with Crippen LogP contribution in [0.4, 0.5) is 4.79 Å². The minimum Gasteiger partial charge on any atom is -0.496 e. The predicted molar refractivity (Wildman–Crippen MR) is 136 cm³/mol. The minimum atomic E-state index is -0.546. The average molecular weight is 479 g/mol. The third kappa shape index (κ3) is 5.12. The quantitative estimate of drug-likeness (QED) is 0.293. The number of nitrogens with zero attached hydrogens (tertiary/aromatic N) is 2. The van der Waals surface area contributed by atoms with Crippen LogP contribution in [0.2, 0.25) is 0 Å². The number of nitrogens with one attached hydrogen (secondary N) is 1. The van der Waals surface area contributed by atoms with Crippen LogP contribution in [0, 0.1) is 5.41 Å². The van der Waals surface area contributed by atoms with Gasteiger partial charge in [-0.25, -0.2) is 10.6 Å². The first kappa shape index (κ1) is 24.6. The van der Waals surface area contributed by atoms with Crippen LogP contribution in [0.1, 0.15) is 50.3 Å². The van der Waals surface area contributed by atoms with Crippen LogP contribution in [0.25, 0.3) is 5.57 Å². The zero-order chi connectivity index (χ0) is 25.4. The van der Waals surface area contributed by atoms with E-state index in [0.717, 1.165) is 33.8 Å². The van der Waals surface area contributed by atoms with E-state index in [2.05, 4.69) is 6.08 Å². The van der Waals surface area contributed by atoms with Crippen LogP contribution in [-0.4, -0.2) is 60.3 Å². The molecular formula is C27H34N4O4. The van der Waals surface area contributed by atoms with Crippen molar-refractivity contribution in [3.05, 3.63) is 65.2 Å². The van der Waals surface area contributed by atoms with Gasteiger partial charge in [-0.05, 0) is 50.1 Å². The van der Waals surface area contributed by atoms with Crippen molar-refractivity contribution in [3.8, 4) is 11.5 Å². The van der Waals surface area contributed by atoms with Crippen LogP contribution in [0.5, 0.6) is 11.5 Å². The molecule has 8 nitrogen and oxygen atoms in total. The number of piperidine rings is 1. The number of hydrogen-bond donors (Lipinski definition) is 2. The molecule has 0 bridgehead atoms. The Balaban J connectivity index is 1.67. The van der Waals surface area contributed by atoms with Crippen molar-refractivity contribution in [1.29, 1.82) is 5.41 Å². The smallest absolute Gasteiger partial charge is 0.410 e. The van der Waals surface area contributed by atoms with Crippen LogP contribution >= 0.6 is 0 Å². The number of rotatable bonds is 3. The average Bonchev–Trinajstić information content (AvgIpc) is 2.82. The van der Waals surface area contributed by atoms with Crippen molar-refractivity contribution < 1.29 is 19.0 Å². The molecule has 2 aliphatic rings. The van der Waals surface area contributed by atoms with Crippen LogP contribution in [0.15, 0.2) is 48.5 Å². The highest BCUT2D eigenvalue weighted by molar-refractivity contribution is 5.96. The van der Waals surface area contributed by atoms with Gasteiger partial charge < -0.3 is 19.1 Å². The number of nitrogens with two attached hydrogens (primary N) is 1. The maximum Gasteiger partial charge on any atom is 0.410 e. The highest BCUT2D eigenvalue weighted by Gasteiger charge is 2.41. The zero-order valence-corrected chi connectivity index (χ0v) is 21.1. The molecule has 0 aliphatic carbocycles. The molecule has 4 rings (SSSR count). The number of benzene rings is 2. The maximum absolute atomic E-state index is 12.6. The molecule has 0 saturated carbocycles. The first-order valence-electron chi connectivity index (χ1n) is 11.8. The van der Waals surface area contributed by atoms with E-state index in [-0.39, 0.29) is 11.9 Å². The van der Waals surface area contributed by atoms with Gasteiger partial charge in [-0.2, -0.15) is 0 Å². The van der Waals surface area contributed by atoms with Gasteiger partial charge in [0.05, 0.1) is 12.7 Å². The molecule has 1 fully saturated rings. The Hall–Kier alpha value is -3.52. The van der Waals surface area contributed by atoms with Crippen molar-refractivity contribution in [3.63, 3.8) is 0 Å². The summed E-state index contributed by atoms with van der Waals surface area (Å²) in [5, 5.41) is 9.43. The molecule has 2 aliphatic heterocycles. The first-order valence-corrected chi connectivity index (χ1v) is 11.8. The number of ether oxygens (including phenoxy) is 3. The number of hydrogen-bond acceptors (Lipinski definition) is 6. The molecule has 8 heteroatoms. The number of carbonyl (C=O) groups excluding carboxylic acids is 1. The number of methoxy groups -OCH3 is 1. The summed E-state index contributed by atoms with van der Waals surface area (Å²) in [6.45, 7) is 6.70. The van der Waals surface area contributed by atoms with Gasteiger partial charge in [-0.1, -0.05) is 30.3 Å². The van der Waals surface area contributed by atoms with Crippen LogP contribution in [0.3, 0.4) is 0 Å². The van der Waals surface area contributed by atoms with Crippen molar-refractivity contribution in [2.24, 2.45) is 5.84 Å². The lowest BCUT2D eigenvalue weighted by Gasteiger charge is -2.43. The summed E-state index contributed by atoms with van der Waals surface area (Å²) in [5.74, 6) is 7.46. The maximum atomic E-state index is 12.6. The molecule has 1 amide bonds. The molecule has 0 unspecified atom stereocenters. The van der Waals surface area contributed by atoms with E-state index >= 15 is 0 Å². The first-order chi connectivity index (χ1) is 16.5. The second-order valence-electron chi connectivity index (χ2n) is 10.1. The largest absolute Gasteiger partial charge is 0.496 e. The van der Waals surface area contributed by atoms with Crippen molar-refractivity contribution >= 4 is 17.5 Å². The third-order valence-corrected chi connectivity index (χ3v) is 6.28. The summed E-state index contributed by atoms with van der Waals surface area (Å²) in [4.78, 5) is 14.3. The Labute approximate surface area is 206 Å². The standard InChI is InChI=1S/C27H34N4O4/c1-26(2,3)35-25(32)31-15-13-27(14-16-31)17-20(23-21(33-5)7-6-8-22(23)34-27)18-9-11-19(12-10-18)24(28)30(4)29/h6-12,17,28H,13-16,29H2,1-5H3. The van der Waals surface area contributed by atoms with Gasteiger partial charge in [0.15, 0.2) is 0 Å². The van der Waals surface area contributed by atoms with Crippen molar-refractivity contribution in [2.45, 2.75) is 44.8 Å². The fraction of sp³-hybridized carbons (Fsp3) is 0.407. The number of fused-ring (bicyclic) bond motifs is 1. The topological polar surface area (TPSA) is 101 Å². The Morgan fingerprint density at radius 2 is 1.80 bits per heavy atom. The van der Waals surface area contributed by atoms with Gasteiger partial charge >= 0.3 is 6.09 Å². The highest BCUT2D eigenvalue weighted by atomic mass is 16.6. The van der Waals surface area contributed by atoms with E-state index in [9.17, 15) is 4.79 Å².